The molecule has 1 aliphatic carbocycles. The van der Waals surface area contributed by atoms with Crippen LogP contribution in [0.1, 0.15) is 18.5 Å². The first-order chi connectivity index (χ1) is 21.8. The third kappa shape index (κ3) is 4.10. The highest BCUT2D eigenvalue weighted by Gasteiger charge is 2.16. The smallest absolute Gasteiger partial charge is 0.160 e. The molecule has 1 aliphatic rings. The topological polar surface area (TPSA) is 30.7 Å². The molecule has 0 radical (unpaired) electrons. The van der Waals surface area contributed by atoms with Gasteiger partial charge in [0, 0.05) is 47.8 Å². The first-order valence-electron chi connectivity index (χ1n) is 15.1. The van der Waals surface area contributed by atoms with Crippen molar-refractivity contribution in [1.29, 1.82) is 0 Å². The molecule has 4 heteroatoms. The standard InChI is InChI=1S/C40H27N3S/c1-3-11-26(12-4-1)34-24-35(27-13-5-2-6-14-27)42-40(41-34)28-19-21-29(22-20-28)43-36-17-9-7-15-30(36)32-23-33-31-16-8-10-18-38(31)44-39(33)25-37(32)43/h1,3-5,7-25H,2,6H2. The molecule has 0 bridgehead atoms. The van der Waals surface area contributed by atoms with Gasteiger partial charge >= 0.3 is 0 Å². The normalized spacial score (nSPS) is 13.3. The van der Waals surface area contributed by atoms with Gasteiger partial charge in [-0.3, -0.25) is 0 Å². The number of hydrogen-bond acceptors (Lipinski definition) is 3. The van der Waals surface area contributed by atoms with Crippen molar-refractivity contribution in [1.82, 2.24) is 14.5 Å². The Morgan fingerprint density at radius 3 is 2.16 bits per heavy atom. The van der Waals surface area contributed by atoms with Crippen LogP contribution in [0.15, 0.2) is 140 Å². The lowest BCUT2D eigenvalue weighted by molar-refractivity contribution is 1.03. The summed E-state index contributed by atoms with van der Waals surface area (Å²) in [5.74, 6) is 0.738. The van der Waals surface area contributed by atoms with Crippen LogP contribution in [0.3, 0.4) is 0 Å². The van der Waals surface area contributed by atoms with Gasteiger partial charge in [-0.1, -0.05) is 85.0 Å². The van der Waals surface area contributed by atoms with Crippen molar-refractivity contribution in [3.8, 4) is 28.3 Å². The third-order valence-electron chi connectivity index (χ3n) is 8.64. The van der Waals surface area contributed by atoms with E-state index < -0.39 is 0 Å². The maximum absolute atomic E-state index is 5.06. The van der Waals surface area contributed by atoms with Crippen LogP contribution in [-0.2, 0) is 0 Å². The molecule has 0 N–H and O–H groups in total. The molecule has 0 spiro atoms. The summed E-state index contributed by atoms with van der Waals surface area (Å²) in [6, 6.07) is 43.4. The zero-order chi connectivity index (χ0) is 29.0. The second kappa shape index (κ2) is 10.1. The van der Waals surface area contributed by atoms with E-state index in [4.69, 9.17) is 9.97 Å². The summed E-state index contributed by atoms with van der Waals surface area (Å²) in [6.45, 7) is 0. The fourth-order valence-electron chi connectivity index (χ4n) is 6.51. The molecular formula is C40H27N3S. The summed E-state index contributed by atoms with van der Waals surface area (Å²) in [5, 5.41) is 5.19. The average molecular weight is 582 g/mol. The number of fused-ring (bicyclic) bond motifs is 6. The molecule has 0 saturated carbocycles. The Kier molecular flexibility index (Phi) is 5.81. The molecule has 44 heavy (non-hydrogen) atoms. The number of nitrogens with zero attached hydrogens (tertiary/aromatic N) is 3. The molecule has 5 aromatic carbocycles. The SMILES string of the molecule is C1=CC(c2cc(-c3ccccc3)nc(-c3ccc(-n4c5ccccc5c5cc6c(cc54)sc4ccccc46)cc3)n2)=CCC1. The van der Waals surface area contributed by atoms with Crippen LogP contribution in [0.25, 0.3) is 75.9 Å². The Hall–Kier alpha value is -5.32. The predicted molar refractivity (Wildman–Crippen MR) is 186 cm³/mol. The van der Waals surface area contributed by atoms with Crippen LogP contribution in [0.4, 0.5) is 0 Å². The van der Waals surface area contributed by atoms with Crippen molar-refractivity contribution >= 4 is 58.9 Å². The van der Waals surface area contributed by atoms with Gasteiger partial charge in [0.15, 0.2) is 5.82 Å². The largest absolute Gasteiger partial charge is 0.309 e. The van der Waals surface area contributed by atoms with Gasteiger partial charge in [0.05, 0.1) is 22.4 Å². The molecule has 208 valence electrons. The van der Waals surface area contributed by atoms with Crippen LogP contribution in [0.2, 0.25) is 0 Å². The molecule has 0 aliphatic heterocycles. The number of allylic oxidation sites excluding steroid dienone is 4. The fourth-order valence-corrected chi connectivity index (χ4v) is 7.63. The van der Waals surface area contributed by atoms with E-state index >= 15 is 0 Å². The highest BCUT2D eigenvalue weighted by Crippen LogP contribution is 2.40. The van der Waals surface area contributed by atoms with E-state index in [1.54, 1.807) is 0 Å². The number of hydrogen-bond donors (Lipinski definition) is 0. The third-order valence-corrected chi connectivity index (χ3v) is 9.77. The lowest BCUT2D eigenvalue weighted by atomic mass is 10.0. The van der Waals surface area contributed by atoms with Crippen molar-refractivity contribution < 1.29 is 0 Å². The minimum absolute atomic E-state index is 0.738. The summed E-state index contributed by atoms with van der Waals surface area (Å²) in [6.07, 6.45) is 8.80. The first kappa shape index (κ1) is 25.2. The lowest BCUT2D eigenvalue weighted by Crippen LogP contribution is -1.99. The second-order valence-corrected chi connectivity index (χ2v) is 12.4. The highest BCUT2D eigenvalue weighted by molar-refractivity contribution is 7.25. The molecule has 0 atom stereocenters. The zero-order valence-corrected chi connectivity index (χ0v) is 24.8. The van der Waals surface area contributed by atoms with Gasteiger partial charge in [-0.2, -0.15) is 0 Å². The molecule has 0 saturated heterocycles. The number of benzene rings is 5. The Morgan fingerprint density at radius 2 is 1.32 bits per heavy atom. The maximum Gasteiger partial charge on any atom is 0.160 e. The molecule has 8 aromatic rings. The maximum atomic E-state index is 5.06. The van der Waals surface area contributed by atoms with E-state index in [1.807, 2.05) is 17.4 Å². The Labute approximate surface area is 259 Å². The molecular weight excluding hydrogens is 555 g/mol. The van der Waals surface area contributed by atoms with E-state index in [0.29, 0.717) is 0 Å². The van der Waals surface area contributed by atoms with Crippen molar-refractivity contribution in [2.24, 2.45) is 0 Å². The number of thiophene rings is 1. The number of para-hydroxylation sites is 1. The monoisotopic (exact) mass is 581 g/mol. The van der Waals surface area contributed by atoms with Gasteiger partial charge in [-0.15, -0.1) is 11.3 Å². The lowest BCUT2D eigenvalue weighted by Gasteiger charge is -2.12. The van der Waals surface area contributed by atoms with Crippen LogP contribution in [0, 0.1) is 0 Å². The molecule has 9 rings (SSSR count). The molecule has 3 heterocycles. The van der Waals surface area contributed by atoms with Crippen LogP contribution < -0.4 is 0 Å². The van der Waals surface area contributed by atoms with Gasteiger partial charge < -0.3 is 4.57 Å². The van der Waals surface area contributed by atoms with E-state index in [9.17, 15) is 0 Å². The van der Waals surface area contributed by atoms with Gasteiger partial charge in [0.1, 0.15) is 0 Å². The van der Waals surface area contributed by atoms with Gasteiger partial charge in [0.25, 0.3) is 0 Å². The summed E-state index contributed by atoms with van der Waals surface area (Å²) >= 11 is 1.86. The van der Waals surface area contributed by atoms with E-state index in [0.717, 1.165) is 52.4 Å². The second-order valence-electron chi connectivity index (χ2n) is 11.3. The van der Waals surface area contributed by atoms with E-state index in [2.05, 4.69) is 138 Å². The zero-order valence-electron chi connectivity index (χ0n) is 23.9. The van der Waals surface area contributed by atoms with E-state index in [1.165, 1.54) is 42.0 Å². The number of aromatic nitrogens is 3. The summed E-state index contributed by atoms with van der Waals surface area (Å²) < 4.78 is 5.03. The predicted octanol–water partition coefficient (Wildman–Crippen LogP) is 11.0. The molecule has 0 fully saturated rings. The van der Waals surface area contributed by atoms with Crippen LogP contribution in [0.5, 0.6) is 0 Å². The van der Waals surface area contributed by atoms with Gasteiger partial charge in [-0.05, 0) is 73.0 Å². The Bertz CT molecular complexity index is 2430. The van der Waals surface area contributed by atoms with Crippen molar-refractivity contribution in [2.75, 3.05) is 0 Å². The minimum atomic E-state index is 0.738. The molecule has 3 nitrogen and oxygen atoms in total. The van der Waals surface area contributed by atoms with Crippen molar-refractivity contribution in [3.63, 3.8) is 0 Å². The highest BCUT2D eigenvalue weighted by atomic mass is 32.1. The summed E-state index contributed by atoms with van der Waals surface area (Å²) in [5.41, 5.74) is 8.70. The van der Waals surface area contributed by atoms with Crippen LogP contribution in [-0.4, -0.2) is 14.5 Å². The van der Waals surface area contributed by atoms with Gasteiger partial charge in [0.2, 0.25) is 0 Å². The fraction of sp³-hybridized carbons (Fsp3) is 0.0500. The van der Waals surface area contributed by atoms with Crippen LogP contribution >= 0.6 is 11.3 Å². The minimum Gasteiger partial charge on any atom is -0.309 e. The Balaban J connectivity index is 1.20. The molecule has 3 aromatic heterocycles. The summed E-state index contributed by atoms with van der Waals surface area (Å²) in [7, 11) is 0. The molecule has 0 unspecified atom stereocenters. The van der Waals surface area contributed by atoms with Gasteiger partial charge in [-0.25, -0.2) is 9.97 Å². The molecule has 0 amide bonds. The van der Waals surface area contributed by atoms with E-state index in [-0.39, 0.29) is 0 Å². The number of rotatable bonds is 4. The first-order valence-corrected chi connectivity index (χ1v) is 15.9. The Morgan fingerprint density at radius 1 is 0.545 bits per heavy atom. The summed E-state index contributed by atoms with van der Waals surface area (Å²) in [4.78, 5) is 10.1. The average Bonchev–Trinajstić information content (AvgIpc) is 3.62. The van der Waals surface area contributed by atoms with Crippen molar-refractivity contribution in [3.05, 3.63) is 145 Å². The van der Waals surface area contributed by atoms with Crippen molar-refractivity contribution in [2.45, 2.75) is 12.8 Å². The quantitative estimate of drug-likeness (QED) is 0.207.